The quantitative estimate of drug-likeness (QED) is 0.660. The Balaban J connectivity index is 1.59. The van der Waals surface area contributed by atoms with E-state index >= 15 is 0 Å². The highest BCUT2D eigenvalue weighted by molar-refractivity contribution is 5.92. The van der Waals surface area contributed by atoms with Crippen LogP contribution in [-0.4, -0.2) is 28.6 Å². The first kappa shape index (κ1) is 19.3. The minimum atomic E-state index is -0.357. The van der Waals surface area contributed by atoms with E-state index in [1.54, 1.807) is 43.3 Å². The average molecular weight is 378 g/mol. The number of carbonyl (C=O) groups excluding carboxylic acids is 2. The van der Waals surface area contributed by atoms with Gasteiger partial charge in [-0.15, -0.1) is 0 Å². The normalized spacial score (nSPS) is 10.5. The van der Waals surface area contributed by atoms with Gasteiger partial charge >= 0.3 is 12.0 Å². The van der Waals surface area contributed by atoms with Crippen LogP contribution >= 0.6 is 0 Å². The van der Waals surface area contributed by atoms with Crippen molar-refractivity contribution in [2.45, 2.75) is 27.3 Å². The molecular weight excluding hydrogens is 356 g/mol. The number of hydrogen-bond donors (Lipinski definition) is 2. The summed E-state index contributed by atoms with van der Waals surface area (Å²) in [6.45, 7) is 6.25. The zero-order valence-electron chi connectivity index (χ0n) is 16.1. The number of rotatable bonds is 5. The van der Waals surface area contributed by atoms with Crippen LogP contribution < -0.4 is 10.6 Å². The fraction of sp³-hybridized carbons (Fsp3) is 0.238. The number of aryl methyl sites for hydroxylation is 2. The molecule has 0 fully saturated rings. The van der Waals surface area contributed by atoms with Crippen LogP contribution in [0.1, 0.15) is 34.2 Å². The molecule has 0 atom stereocenters. The van der Waals surface area contributed by atoms with E-state index in [9.17, 15) is 9.59 Å². The van der Waals surface area contributed by atoms with E-state index < -0.39 is 0 Å². The lowest BCUT2D eigenvalue weighted by Crippen LogP contribution is -2.28. The topological polar surface area (TPSA) is 93.2 Å². The standard InChI is InChI=1S/C21H22N4O3/c1-4-28-20(26)16-7-5-15(6-8-16)12-22-21(27)25-17-9-10-18-19(11-17)24-14(3)13(2)23-18/h5-11H,4,12H2,1-3H3,(H2,22,25,27). The van der Waals surface area contributed by atoms with Crippen molar-refractivity contribution in [3.8, 4) is 0 Å². The third-order valence-corrected chi connectivity index (χ3v) is 4.25. The van der Waals surface area contributed by atoms with Gasteiger partial charge in [-0.2, -0.15) is 0 Å². The Kier molecular flexibility index (Phi) is 5.84. The summed E-state index contributed by atoms with van der Waals surface area (Å²) in [5.74, 6) is -0.357. The van der Waals surface area contributed by atoms with Gasteiger partial charge in [0.05, 0.1) is 34.6 Å². The maximum absolute atomic E-state index is 12.2. The fourth-order valence-electron chi connectivity index (χ4n) is 2.64. The van der Waals surface area contributed by atoms with Crippen LogP contribution in [0.3, 0.4) is 0 Å². The van der Waals surface area contributed by atoms with E-state index in [-0.39, 0.29) is 12.0 Å². The summed E-state index contributed by atoms with van der Waals surface area (Å²) in [7, 11) is 0. The van der Waals surface area contributed by atoms with E-state index in [0.717, 1.165) is 28.0 Å². The number of aromatic nitrogens is 2. The molecule has 2 aromatic carbocycles. The molecule has 3 aromatic rings. The second kappa shape index (κ2) is 8.47. The monoisotopic (exact) mass is 378 g/mol. The first-order valence-corrected chi connectivity index (χ1v) is 9.02. The summed E-state index contributed by atoms with van der Waals surface area (Å²) in [5.41, 5.74) is 5.27. The Bertz CT molecular complexity index is 1020. The Hall–Kier alpha value is -3.48. The summed E-state index contributed by atoms with van der Waals surface area (Å²) in [4.78, 5) is 32.8. The van der Waals surface area contributed by atoms with Gasteiger partial charge in [0, 0.05) is 12.2 Å². The number of benzene rings is 2. The number of esters is 1. The maximum atomic E-state index is 12.2. The van der Waals surface area contributed by atoms with E-state index in [1.165, 1.54) is 0 Å². The molecule has 7 heteroatoms. The molecule has 0 bridgehead atoms. The second-order valence-electron chi connectivity index (χ2n) is 6.32. The van der Waals surface area contributed by atoms with Crippen molar-refractivity contribution in [1.82, 2.24) is 15.3 Å². The van der Waals surface area contributed by atoms with Crippen molar-refractivity contribution in [2.24, 2.45) is 0 Å². The van der Waals surface area contributed by atoms with Gasteiger partial charge in [0.25, 0.3) is 0 Å². The SMILES string of the molecule is CCOC(=O)c1ccc(CNC(=O)Nc2ccc3nc(C)c(C)nc3c2)cc1. The van der Waals surface area contributed by atoms with Gasteiger partial charge in [0.15, 0.2) is 0 Å². The number of carbonyl (C=O) groups is 2. The summed E-state index contributed by atoms with van der Waals surface area (Å²) >= 11 is 0. The Morgan fingerprint density at radius 3 is 2.32 bits per heavy atom. The summed E-state index contributed by atoms with van der Waals surface area (Å²) in [6.07, 6.45) is 0. The van der Waals surface area contributed by atoms with Crippen LogP contribution in [0.4, 0.5) is 10.5 Å². The molecule has 0 saturated carbocycles. The van der Waals surface area contributed by atoms with E-state index in [1.807, 2.05) is 19.9 Å². The molecule has 2 amide bonds. The lowest BCUT2D eigenvalue weighted by molar-refractivity contribution is 0.0526. The lowest BCUT2D eigenvalue weighted by Gasteiger charge is -2.09. The third kappa shape index (κ3) is 4.62. The molecule has 0 aliphatic rings. The molecule has 3 rings (SSSR count). The Morgan fingerprint density at radius 2 is 1.64 bits per heavy atom. The smallest absolute Gasteiger partial charge is 0.338 e. The number of amides is 2. The van der Waals surface area contributed by atoms with Gasteiger partial charge in [-0.25, -0.2) is 19.6 Å². The summed E-state index contributed by atoms with van der Waals surface area (Å²) in [6, 6.07) is 12.0. The van der Waals surface area contributed by atoms with Gasteiger partial charge in [0.2, 0.25) is 0 Å². The third-order valence-electron chi connectivity index (χ3n) is 4.25. The van der Waals surface area contributed by atoms with Crippen molar-refractivity contribution in [3.05, 3.63) is 65.0 Å². The Morgan fingerprint density at radius 1 is 0.964 bits per heavy atom. The van der Waals surface area contributed by atoms with Crippen molar-refractivity contribution in [3.63, 3.8) is 0 Å². The van der Waals surface area contributed by atoms with Gasteiger partial charge in [0.1, 0.15) is 0 Å². The molecule has 2 N–H and O–H groups in total. The van der Waals surface area contributed by atoms with Gasteiger partial charge in [-0.1, -0.05) is 12.1 Å². The molecule has 0 radical (unpaired) electrons. The minimum Gasteiger partial charge on any atom is -0.462 e. The van der Waals surface area contributed by atoms with Crippen LogP contribution in [0.25, 0.3) is 11.0 Å². The number of fused-ring (bicyclic) bond motifs is 1. The number of hydrogen-bond acceptors (Lipinski definition) is 5. The number of nitrogens with one attached hydrogen (secondary N) is 2. The highest BCUT2D eigenvalue weighted by atomic mass is 16.5. The van der Waals surface area contributed by atoms with E-state index in [2.05, 4.69) is 20.6 Å². The number of anilines is 1. The van der Waals surface area contributed by atoms with Gasteiger partial charge in [-0.05, 0) is 56.7 Å². The molecule has 28 heavy (non-hydrogen) atoms. The largest absolute Gasteiger partial charge is 0.462 e. The molecule has 7 nitrogen and oxygen atoms in total. The van der Waals surface area contributed by atoms with Crippen LogP contribution in [0.2, 0.25) is 0 Å². The molecule has 0 spiro atoms. The molecule has 1 aromatic heterocycles. The number of urea groups is 1. The zero-order valence-corrected chi connectivity index (χ0v) is 16.1. The van der Waals surface area contributed by atoms with E-state index in [0.29, 0.717) is 24.4 Å². The molecule has 0 aliphatic heterocycles. The average Bonchev–Trinajstić information content (AvgIpc) is 2.68. The molecular formula is C21H22N4O3. The van der Waals surface area contributed by atoms with Crippen molar-refractivity contribution >= 4 is 28.7 Å². The predicted molar refractivity (Wildman–Crippen MR) is 107 cm³/mol. The maximum Gasteiger partial charge on any atom is 0.338 e. The molecule has 144 valence electrons. The second-order valence-corrected chi connectivity index (χ2v) is 6.32. The van der Waals surface area contributed by atoms with Crippen LogP contribution in [0.15, 0.2) is 42.5 Å². The van der Waals surface area contributed by atoms with Crippen LogP contribution in [0, 0.1) is 13.8 Å². The van der Waals surface area contributed by atoms with Crippen LogP contribution in [0.5, 0.6) is 0 Å². The van der Waals surface area contributed by atoms with Crippen molar-refractivity contribution in [1.29, 1.82) is 0 Å². The first-order valence-electron chi connectivity index (χ1n) is 9.02. The summed E-state index contributed by atoms with van der Waals surface area (Å²) in [5, 5.41) is 5.58. The van der Waals surface area contributed by atoms with Crippen molar-refractivity contribution in [2.75, 3.05) is 11.9 Å². The molecule has 0 saturated heterocycles. The number of nitrogens with zero attached hydrogens (tertiary/aromatic N) is 2. The predicted octanol–water partition coefficient (Wildman–Crippen LogP) is 3.75. The minimum absolute atomic E-state index is 0.328. The number of ether oxygens (including phenoxy) is 1. The molecule has 0 aliphatic carbocycles. The highest BCUT2D eigenvalue weighted by Gasteiger charge is 2.08. The van der Waals surface area contributed by atoms with Crippen molar-refractivity contribution < 1.29 is 14.3 Å². The van der Waals surface area contributed by atoms with Gasteiger partial charge < -0.3 is 15.4 Å². The Labute approximate surface area is 163 Å². The molecule has 1 heterocycles. The zero-order chi connectivity index (χ0) is 20.1. The van der Waals surface area contributed by atoms with Crippen LogP contribution in [-0.2, 0) is 11.3 Å². The highest BCUT2D eigenvalue weighted by Crippen LogP contribution is 2.17. The lowest BCUT2D eigenvalue weighted by atomic mass is 10.1. The van der Waals surface area contributed by atoms with Gasteiger partial charge in [-0.3, -0.25) is 0 Å². The molecule has 0 unspecified atom stereocenters. The first-order chi connectivity index (χ1) is 13.5. The van der Waals surface area contributed by atoms with E-state index in [4.69, 9.17) is 4.74 Å². The fourth-order valence-corrected chi connectivity index (χ4v) is 2.64. The summed E-state index contributed by atoms with van der Waals surface area (Å²) < 4.78 is 4.95.